The molecule has 2 aliphatic rings. The first-order valence-corrected chi connectivity index (χ1v) is 9.88. The summed E-state index contributed by atoms with van der Waals surface area (Å²) in [5.74, 6) is -0.262. The van der Waals surface area contributed by atoms with E-state index in [1.807, 2.05) is 0 Å². The molecule has 166 valence electrons. The van der Waals surface area contributed by atoms with Crippen molar-refractivity contribution in [3.05, 3.63) is 35.4 Å². The third-order valence-corrected chi connectivity index (χ3v) is 5.54. The zero-order valence-corrected chi connectivity index (χ0v) is 16.3. The van der Waals surface area contributed by atoms with Gasteiger partial charge in [0, 0.05) is 25.6 Å². The lowest BCUT2D eigenvalue weighted by atomic mass is 9.88. The third kappa shape index (κ3) is 6.01. The van der Waals surface area contributed by atoms with Crippen LogP contribution < -0.4 is 0 Å². The van der Waals surface area contributed by atoms with Crippen LogP contribution >= 0.6 is 0 Å². The molecule has 0 saturated carbocycles. The number of carbonyl (C=O) groups is 2. The molecule has 1 aromatic carbocycles. The number of ether oxygens (including phenoxy) is 1. The number of piperidine rings is 2. The summed E-state index contributed by atoms with van der Waals surface area (Å²) >= 11 is 0. The van der Waals surface area contributed by atoms with E-state index >= 15 is 0 Å². The molecule has 1 aromatic rings. The monoisotopic (exact) mass is 430 g/mol. The van der Waals surface area contributed by atoms with E-state index in [9.17, 15) is 27.9 Å². The summed E-state index contributed by atoms with van der Waals surface area (Å²) in [6.45, 7) is 1.26. The molecule has 3 rings (SSSR count). The van der Waals surface area contributed by atoms with Gasteiger partial charge in [-0.2, -0.15) is 13.2 Å². The molecule has 2 fully saturated rings. The number of rotatable bonds is 3. The van der Waals surface area contributed by atoms with Crippen LogP contribution in [0.25, 0.3) is 0 Å². The highest BCUT2D eigenvalue weighted by Gasteiger charge is 2.36. The van der Waals surface area contributed by atoms with Gasteiger partial charge in [0.25, 0.3) is 0 Å². The molecule has 0 aliphatic carbocycles. The zero-order valence-electron chi connectivity index (χ0n) is 16.3. The van der Waals surface area contributed by atoms with Gasteiger partial charge in [0.2, 0.25) is 0 Å². The first kappa shape index (κ1) is 22.2. The summed E-state index contributed by atoms with van der Waals surface area (Å²) in [6, 6.07) is 5.74. The summed E-state index contributed by atoms with van der Waals surface area (Å²) in [5.41, 5.74) is 0.867. The maximum absolute atomic E-state index is 12.9. The molecule has 30 heavy (non-hydrogen) atoms. The van der Waals surface area contributed by atoms with Gasteiger partial charge < -0.3 is 24.7 Å². The molecule has 0 spiro atoms. The average Bonchev–Trinajstić information content (AvgIpc) is 2.66. The number of aliphatic hydroxyl groups is 1. The first-order chi connectivity index (χ1) is 14.1. The van der Waals surface area contributed by atoms with E-state index in [4.69, 9.17) is 9.84 Å². The van der Waals surface area contributed by atoms with Crippen LogP contribution in [0.5, 0.6) is 0 Å². The first-order valence-electron chi connectivity index (χ1n) is 9.88. The lowest BCUT2D eigenvalue weighted by Gasteiger charge is -2.41. The molecule has 0 bridgehead atoms. The smallest absolute Gasteiger partial charge is 0.450 e. The minimum absolute atomic E-state index is 0.118. The standard InChI is InChI=1S/C20H25F3N2O5/c21-20(22,23)10-13-1-3-14(4-2-13)15-9-17(30-19(28)29)12-25(11-15)18(27)24-7-5-16(26)6-8-24/h1-4,15-17,26H,5-12H2,(H,28,29). The average molecular weight is 430 g/mol. The normalized spacial score (nSPS) is 23.3. The number of aliphatic hydroxyl groups excluding tert-OH is 1. The van der Waals surface area contributed by atoms with E-state index in [0.717, 1.165) is 5.56 Å². The number of hydrogen-bond acceptors (Lipinski definition) is 4. The SMILES string of the molecule is O=C(O)OC1CC(c2ccc(CC(F)(F)F)cc2)CN(C(=O)N2CCC(O)CC2)C1. The Labute approximate surface area is 172 Å². The number of benzene rings is 1. The van der Waals surface area contributed by atoms with Crippen molar-refractivity contribution in [3.8, 4) is 0 Å². The maximum atomic E-state index is 12.9. The molecule has 10 heteroatoms. The highest BCUT2D eigenvalue weighted by Crippen LogP contribution is 2.31. The second kappa shape index (κ2) is 9.11. The van der Waals surface area contributed by atoms with Crippen LogP contribution in [0.1, 0.15) is 36.3 Å². The van der Waals surface area contributed by atoms with E-state index in [1.165, 1.54) is 17.0 Å². The summed E-state index contributed by atoms with van der Waals surface area (Å²) in [4.78, 5) is 27.1. The van der Waals surface area contributed by atoms with Crippen molar-refractivity contribution in [1.29, 1.82) is 0 Å². The van der Waals surface area contributed by atoms with Crippen LogP contribution in [0.15, 0.2) is 24.3 Å². The van der Waals surface area contributed by atoms with Crippen LogP contribution in [0.4, 0.5) is 22.8 Å². The van der Waals surface area contributed by atoms with E-state index in [2.05, 4.69) is 0 Å². The number of urea groups is 1. The summed E-state index contributed by atoms with van der Waals surface area (Å²) in [5, 5.41) is 18.6. The number of carbonyl (C=O) groups excluding carboxylic acids is 1. The fourth-order valence-electron chi connectivity index (χ4n) is 4.07. The number of hydrogen-bond donors (Lipinski definition) is 2. The quantitative estimate of drug-likeness (QED) is 0.719. The molecule has 2 unspecified atom stereocenters. The predicted octanol–water partition coefficient (Wildman–Crippen LogP) is 3.22. The Hall–Kier alpha value is -2.49. The number of halogens is 3. The molecule has 2 aliphatic heterocycles. The summed E-state index contributed by atoms with van der Waals surface area (Å²) < 4.78 is 42.7. The van der Waals surface area contributed by atoms with E-state index in [0.29, 0.717) is 38.9 Å². The lowest BCUT2D eigenvalue weighted by Crippen LogP contribution is -2.53. The van der Waals surface area contributed by atoms with Gasteiger partial charge in [-0.3, -0.25) is 0 Å². The molecule has 2 saturated heterocycles. The van der Waals surface area contributed by atoms with E-state index < -0.39 is 31.0 Å². The van der Waals surface area contributed by atoms with Gasteiger partial charge >= 0.3 is 18.4 Å². The summed E-state index contributed by atoms with van der Waals surface area (Å²) in [6.07, 6.45) is -6.59. The van der Waals surface area contributed by atoms with E-state index in [-0.39, 0.29) is 24.1 Å². The van der Waals surface area contributed by atoms with Gasteiger partial charge in [-0.25, -0.2) is 9.59 Å². The number of amides is 2. The van der Waals surface area contributed by atoms with Gasteiger partial charge in [0.15, 0.2) is 0 Å². The number of likely N-dealkylation sites (tertiary alicyclic amines) is 2. The highest BCUT2D eigenvalue weighted by atomic mass is 19.4. The maximum Gasteiger partial charge on any atom is 0.506 e. The molecule has 7 nitrogen and oxygen atoms in total. The molecule has 2 atom stereocenters. The Morgan fingerprint density at radius 3 is 2.27 bits per heavy atom. The summed E-state index contributed by atoms with van der Waals surface area (Å²) in [7, 11) is 0. The Morgan fingerprint density at radius 1 is 1.07 bits per heavy atom. The number of nitrogens with zero attached hydrogens (tertiary/aromatic N) is 2. The van der Waals surface area contributed by atoms with E-state index in [1.54, 1.807) is 17.0 Å². The van der Waals surface area contributed by atoms with Crippen LogP contribution in [-0.2, 0) is 11.2 Å². The Balaban J connectivity index is 1.73. The minimum Gasteiger partial charge on any atom is -0.450 e. The van der Waals surface area contributed by atoms with Gasteiger partial charge in [-0.1, -0.05) is 24.3 Å². The minimum atomic E-state index is -4.29. The Kier molecular flexibility index (Phi) is 6.74. The van der Waals surface area contributed by atoms with Crippen molar-refractivity contribution in [2.24, 2.45) is 0 Å². The molecular weight excluding hydrogens is 405 g/mol. The van der Waals surface area contributed by atoms with Gasteiger partial charge in [0.05, 0.1) is 19.1 Å². The number of carboxylic acid groups (broad SMARTS) is 1. The molecule has 0 radical (unpaired) electrons. The largest absolute Gasteiger partial charge is 0.506 e. The zero-order chi connectivity index (χ0) is 21.9. The van der Waals surface area contributed by atoms with Crippen molar-refractivity contribution in [2.75, 3.05) is 26.2 Å². The Bertz CT molecular complexity index is 748. The third-order valence-electron chi connectivity index (χ3n) is 5.54. The van der Waals surface area contributed by atoms with Crippen LogP contribution in [-0.4, -0.2) is 76.8 Å². The molecule has 2 N–H and O–H groups in total. The highest BCUT2D eigenvalue weighted by molar-refractivity contribution is 5.75. The van der Waals surface area contributed by atoms with Crippen molar-refractivity contribution in [3.63, 3.8) is 0 Å². The topological polar surface area (TPSA) is 90.3 Å². The second-order valence-corrected chi connectivity index (χ2v) is 7.88. The Morgan fingerprint density at radius 2 is 1.70 bits per heavy atom. The van der Waals surface area contributed by atoms with Gasteiger partial charge in [-0.05, 0) is 30.4 Å². The fraction of sp³-hybridized carbons (Fsp3) is 0.600. The van der Waals surface area contributed by atoms with Crippen LogP contribution in [0.2, 0.25) is 0 Å². The van der Waals surface area contributed by atoms with Crippen molar-refractivity contribution >= 4 is 12.2 Å². The lowest BCUT2D eigenvalue weighted by molar-refractivity contribution is -0.127. The fourth-order valence-corrected chi connectivity index (χ4v) is 4.07. The molecule has 0 aromatic heterocycles. The molecule has 2 heterocycles. The number of alkyl halides is 3. The van der Waals surface area contributed by atoms with Gasteiger partial charge in [-0.15, -0.1) is 0 Å². The van der Waals surface area contributed by atoms with Crippen molar-refractivity contribution < 1.29 is 37.7 Å². The molecular formula is C20H25F3N2O5. The van der Waals surface area contributed by atoms with Crippen LogP contribution in [0, 0.1) is 0 Å². The predicted molar refractivity (Wildman–Crippen MR) is 100 cm³/mol. The van der Waals surface area contributed by atoms with Crippen LogP contribution in [0.3, 0.4) is 0 Å². The van der Waals surface area contributed by atoms with Gasteiger partial charge in [0.1, 0.15) is 6.10 Å². The second-order valence-electron chi connectivity index (χ2n) is 7.88. The molecule has 2 amide bonds. The van der Waals surface area contributed by atoms with Crippen molar-refractivity contribution in [1.82, 2.24) is 9.80 Å². The van der Waals surface area contributed by atoms with Crippen molar-refractivity contribution in [2.45, 2.75) is 50.0 Å².